The standard InChI is InChI=1S/C18H26N4O2.ClH/c1-13(2)14-5-7-16(8-6-14)24-10-9-20-18(23)17(19-3)15-11-21-22(4)12-15;/h5-8,11-13,17,19H,9-10H2,1-4H3,(H,20,23);1H. The van der Waals surface area contributed by atoms with Crippen molar-refractivity contribution in [3.63, 3.8) is 0 Å². The van der Waals surface area contributed by atoms with Crippen molar-refractivity contribution in [2.45, 2.75) is 25.8 Å². The Labute approximate surface area is 155 Å². The minimum atomic E-state index is -0.413. The van der Waals surface area contributed by atoms with E-state index in [0.29, 0.717) is 19.1 Å². The van der Waals surface area contributed by atoms with Gasteiger partial charge in [0.05, 0.1) is 12.7 Å². The van der Waals surface area contributed by atoms with Crippen molar-refractivity contribution in [1.82, 2.24) is 20.4 Å². The predicted molar refractivity (Wildman–Crippen MR) is 101 cm³/mol. The molecule has 1 aromatic carbocycles. The summed E-state index contributed by atoms with van der Waals surface area (Å²) < 4.78 is 7.34. The lowest BCUT2D eigenvalue weighted by Gasteiger charge is -2.15. The van der Waals surface area contributed by atoms with E-state index in [1.807, 2.05) is 25.4 Å². The number of hydrogen-bond donors (Lipinski definition) is 2. The summed E-state index contributed by atoms with van der Waals surface area (Å²) in [6.07, 6.45) is 3.51. The minimum Gasteiger partial charge on any atom is -0.492 e. The first-order chi connectivity index (χ1) is 11.5. The number of ether oxygens (including phenoxy) is 1. The number of nitrogens with zero attached hydrogens (tertiary/aromatic N) is 2. The Morgan fingerprint density at radius 2 is 1.92 bits per heavy atom. The van der Waals surface area contributed by atoms with Gasteiger partial charge in [-0.3, -0.25) is 9.48 Å². The van der Waals surface area contributed by atoms with Crippen LogP contribution in [0.2, 0.25) is 0 Å². The normalized spacial score (nSPS) is 11.7. The Bertz CT molecular complexity index is 655. The zero-order chi connectivity index (χ0) is 17.5. The van der Waals surface area contributed by atoms with E-state index in [1.54, 1.807) is 17.9 Å². The molecule has 1 unspecified atom stereocenters. The average molecular weight is 367 g/mol. The number of amides is 1. The molecule has 1 atom stereocenters. The first-order valence-electron chi connectivity index (χ1n) is 8.17. The smallest absolute Gasteiger partial charge is 0.241 e. The van der Waals surface area contributed by atoms with Gasteiger partial charge in [0.25, 0.3) is 0 Å². The second kappa shape index (κ2) is 10.1. The zero-order valence-electron chi connectivity index (χ0n) is 15.2. The highest BCUT2D eigenvalue weighted by molar-refractivity contribution is 5.85. The van der Waals surface area contributed by atoms with Gasteiger partial charge in [0, 0.05) is 18.8 Å². The number of carbonyl (C=O) groups excluding carboxylic acids is 1. The Hall–Kier alpha value is -2.05. The maximum Gasteiger partial charge on any atom is 0.241 e. The van der Waals surface area contributed by atoms with Crippen molar-refractivity contribution in [2.75, 3.05) is 20.2 Å². The number of aryl methyl sites for hydroxylation is 1. The third kappa shape index (κ3) is 6.07. The van der Waals surface area contributed by atoms with Gasteiger partial charge < -0.3 is 15.4 Å². The quantitative estimate of drug-likeness (QED) is 0.704. The van der Waals surface area contributed by atoms with Crippen LogP contribution in [-0.4, -0.2) is 35.9 Å². The maximum absolute atomic E-state index is 12.2. The van der Waals surface area contributed by atoms with Gasteiger partial charge in [-0.15, -0.1) is 12.4 Å². The van der Waals surface area contributed by atoms with E-state index in [-0.39, 0.29) is 18.3 Å². The minimum absolute atomic E-state index is 0. The lowest BCUT2D eigenvalue weighted by molar-refractivity contribution is -0.123. The van der Waals surface area contributed by atoms with Gasteiger partial charge in [0.2, 0.25) is 5.91 Å². The van der Waals surface area contributed by atoms with Crippen molar-refractivity contribution in [3.8, 4) is 5.75 Å². The number of aromatic nitrogens is 2. The van der Waals surface area contributed by atoms with Crippen molar-refractivity contribution in [3.05, 3.63) is 47.8 Å². The molecule has 0 fully saturated rings. The molecule has 2 rings (SSSR count). The number of likely N-dealkylation sites (N-methyl/N-ethyl adjacent to an activating group) is 1. The van der Waals surface area contributed by atoms with Crippen LogP contribution in [0.3, 0.4) is 0 Å². The molecule has 1 amide bonds. The topological polar surface area (TPSA) is 68.2 Å². The Morgan fingerprint density at radius 1 is 1.24 bits per heavy atom. The molecule has 6 nitrogen and oxygen atoms in total. The van der Waals surface area contributed by atoms with Crippen LogP contribution in [-0.2, 0) is 11.8 Å². The van der Waals surface area contributed by atoms with Gasteiger partial charge in [0.1, 0.15) is 18.4 Å². The molecule has 138 valence electrons. The summed E-state index contributed by atoms with van der Waals surface area (Å²) in [6.45, 7) is 5.19. The second-order valence-corrected chi connectivity index (χ2v) is 6.03. The monoisotopic (exact) mass is 366 g/mol. The average Bonchev–Trinajstić information content (AvgIpc) is 2.99. The second-order valence-electron chi connectivity index (χ2n) is 6.03. The number of hydrogen-bond acceptors (Lipinski definition) is 4. The number of benzene rings is 1. The number of rotatable bonds is 8. The van der Waals surface area contributed by atoms with Crippen molar-refractivity contribution in [2.24, 2.45) is 7.05 Å². The SMILES string of the molecule is CNC(C(=O)NCCOc1ccc(C(C)C)cc1)c1cnn(C)c1.Cl. The highest BCUT2D eigenvalue weighted by Gasteiger charge is 2.19. The van der Waals surface area contributed by atoms with Gasteiger partial charge in [0.15, 0.2) is 0 Å². The molecule has 2 N–H and O–H groups in total. The molecular formula is C18H27ClN4O2. The Balaban J connectivity index is 0.00000312. The first kappa shape index (κ1) is 21.0. The van der Waals surface area contributed by atoms with Gasteiger partial charge in [-0.2, -0.15) is 5.10 Å². The summed E-state index contributed by atoms with van der Waals surface area (Å²) in [5, 5.41) is 9.97. The van der Waals surface area contributed by atoms with E-state index in [0.717, 1.165) is 11.3 Å². The largest absolute Gasteiger partial charge is 0.492 e. The van der Waals surface area contributed by atoms with Gasteiger partial charge in [-0.25, -0.2) is 0 Å². The molecule has 2 aromatic rings. The van der Waals surface area contributed by atoms with E-state index in [1.165, 1.54) is 5.56 Å². The van der Waals surface area contributed by atoms with Crippen LogP contribution in [0.15, 0.2) is 36.7 Å². The number of nitrogens with one attached hydrogen (secondary N) is 2. The Kier molecular flexibility index (Phi) is 8.45. The number of halogens is 1. The molecule has 1 aromatic heterocycles. The molecule has 0 radical (unpaired) electrons. The van der Waals surface area contributed by atoms with E-state index in [2.05, 4.69) is 41.7 Å². The van der Waals surface area contributed by atoms with Crippen LogP contribution in [0.4, 0.5) is 0 Å². The van der Waals surface area contributed by atoms with Crippen LogP contribution < -0.4 is 15.4 Å². The summed E-state index contributed by atoms with van der Waals surface area (Å²) in [6, 6.07) is 7.65. The predicted octanol–water partition coefficient (Wildman–Crippen LogP) is 2.42. The van der Waals surface area contributed by atoms with Gasteiger partial charge in [-0.05, 0) is 30.7 Å². The summed E-state index contributed by atoms with van der Waals surface area (Å²) in [7, 11) is 3.58. The fourth-order valence-electron chi connectivity index (χ4n) is 2.43. The lowest BCUT2D eigenvalue weighted by Crippen LogP contribution is -2.37. The lowest BCUT2D eigenvalue weighted by atomic mass is 10.0. The van der Waals surface area contributed by atoms with Crippen LogP contribution in [0.1, 0.15) is 36.9 Å². The summed E-state index contributed by atoms with van der Waals surface area (Å²) in [5.74, 6) is 1.22. The van der Waals surface area contributed by atoms with Crippen LogP contribution in [0, 0.1) is 0 Å². The van der Waals surface area contributed by atoms with E-state index < -0.39 is 6.04 Å². The van der Waals surface area contributed by atoms with Crippen LogP contribution >= 0.6 is 12.4 Å². The zero-order valence-corrected chi connectivity index (χ0v) is 16.0. The molecule has 25 heavy (non-hydrogen) atoms. The molecule has 7 heteroatoms. The fraction of sp³-hybridized carbons (Fsp3) is 0.444. The third-order valence-electron chi connectivity index (χ3n) is 3.83. The summed E-state index contributed by atoms with van der Waals surface area (Å²) in [4.78, 5) is 12.2. The van der Waals surface area contributed by atoms with Crippen molar-refractivity contribution < 1.29 is 9.53 Å². The molecule has 0 aliphatic heterocycles. The highest BCUT2D eigenvalue weighted by atomic mass is 35.5. The highest BCUT2D eigenvalue weighted by Crippen LogP contribution is 2.18. The molecule has 0 aliphatic carbocycles. The molecule has 0 bridgehead atoms. The molecular weight excluding hydrogens is 340 g/mol. The van der Waals surface area contributed by atoms with Crippen LogP contribution in [0.25, 0.3) is 0 Å². The van der Waals surface area contributed by atoms with Crippen LogP contribution in [0.5, 0.6) is 5.75 Å². The molecule has 0 saturated heterocycles. The van der Waals surface area contributed by atoms with E-state index in [4.69, 9.17) is 4.74 Å². The number of carbonyl (C=O) groups is 1. The van der Waals surface area contributed by atoms with Crippen molar-refractivity contribution in [1.29, 1.82) is 0 Å². The molecule has 1 heterocycles. The van der Waals surface area contributed by atoms with Gasteiger partial charge in [-0.1, -0.05) is 26.0 Å². The maximum atomic E-state index is 12.2. The fourth-order valence-corrected chi connectivity index (χ4v) is 2.43. The van der Waals surface area contributed by atoms with Crippen molar-refractivity contribution >= 4 is 18.3 Å². The van der Waals surface area contributed by atoms with E-state index in [9.17, 15) is 4.79 Å². The molecule has 0 aliphatic rings. The summed E-state index contributed by atoms with van der Waals surface area (Å²) in [5.41, 5.74) is 2.12. The van der Waals surface area contributed by atoms with E-state index >= 15 is 0 Å². The molecule has 0 spiro atoms. The Morgan fingerprint density at radius 3 is 2.44 bits per heavy atom. The summed E-state index contributed by atoms with van der Waals surface area (Å²) >= 11 is 0. The first-order valence-corrected chi connectivity index (χ1v) is 8.17. The third-order valence-corrected chi connectivity index (χ3v) is 3.83. The molecule has 0 saturated carbocycles. The van der Waals surface area contributed by atoms with Gasteiger partial charge >= 0.3 is 0 Å².